The average Bonchev–Trinajstić information content (AvgIpc) is 3.58. The number of amides is 3. The molecule has 0 aliphatic carbocycles. The number of anilines is 2. The van der Waals surface area contributed by atoms with Crippen molar-refractivity contribution in [2.75, 3.05) is 17.4 Å². The number of carbonyl (C=O) groups is 3. The largest absolute Gasteiger partial charge is 0.454 e. The number of hydrogen-bond acceptors (Lipinski definition) is 8. The summed E-state index contributed by atoms with van der Waals surface area (Å²) in [5.74, 6) is -0.982. The third-order valence-corrected chi connectivity index (χ3v) is 6.78. The maximum atomic E-state index is 14.2. The summed E-state index contributed by atoms with van der Waals surface area (Å²) in [6, 6.07) is 11.3. The number of benzene rings is 2. The van der Waals surface area contributed by atoms with Gasteiger partial charge in [0, 0.05) is 40.0 Å². The van der Waals surface area contributed by atoms with Crippen LogP contribution in [0.2, 0.25) is 0 Å². The van der Waals surface area contributed by atoms with Crippen LogP contribution in [0.5, 0.6) is 11.5 Å². The second-order valence-corrected chi connectivity index (χ2v) is 10.6. The Morgan fingerprint density at radius 1 is 1.13 bits per heavy atom. The van der Waals surface area contributed by atoms with Crippen LogP contribution in [0, 0.1) is 0 Å². The third-order valence-electron chi connectivity index (χ3n) is 5.93. The third kappa shape index (κ3) is 4.50. The Morgan fingerprint density at radius 3 is 2.58 bits per heavy atom. The van der Waals surface area contributed by atoms with Crippen molar-refractivity contribution in [2.24, 2.45) is 5.73 Å². The van der Waals surface area contributed by atoms with E-state index in [1.165, 1.54) is 4.90 Å². The summed E-state index contributed by atoms with van der Waals surface area (Å²) in [6.45, 7) is 5.59. The molecule has 0 unspecified atom stereocenters. The number of hydrogen-bond donors (Lipinski definition) is 4. The summed E-state index contributed by atoms with van der Waals surface area (Å²) in [4.78, 5) is 44.5. The molecule has 2 aromatic heterocycles. The summed E-state index contributed by atoms with van der Waals surface area (Å²) in [5.41, 5.74) is 12.3. The zero-order valence-electron chi connectivity index (χ0n) is 20.9. The predicted octanol–water partition coefficient (Wildman–Crippen LogP) is 3.34. The number of para-hydroxylation sites is 1. The van der Waals surface area contributed by atoms with Crippen molar-refractivity contribution in [3.63, 3.8) is 0 Å². The Bertz CT molecular complexity index is 1570. The Kier molecular flexibility index (Phi) is 6.19. The number of rotatable bonds is 6. The molecule has 5 rings (SSSR count). The lowest BCUT2D eigenvalue weighted by atomic mass is 9.99. The highest BCUT2D eigenvalue weighted by Crippen LogP contribution is 2.41. The molecular formula is C26H26N6O5S. The maximum absolute atomic E-state index is 14.2. The van der Waals surface area contributed by atoms with Crippen LogP contribution < -0.4 is 31.2 Å². The highest BCUT2D eigenvalue weighted by molar-refractivity contribution is 7.09. The average molecular weight is 535 g/mol. The summed E-state index contributed by atoms with van der Waals surface area (Å²) in [5, 5.41) is 3.76. The first-order valence-corrected chi connectivity index (χ1v) is 12.5. The monoisotopic (exact) mass is 534 g/mol. The van der Waals surface area contributed by atoms with Crippen molar-refractivity contribution in [1.82, 2.24) is 14.7 Å². The lowest BCUT2D eigenvalue weighted by Gasteiger charge is -2.33. The van der Waals surface area contributed by atoms with Gasteiger partial charge in [-0.25, -0.2) is 0 Å². The smallest absolute Gasteiger partial charge is 0.273 e. The van der Waals surface area contributed by atoms with Crippen molar-refractivity contribution < 1.29 is 23.9 Å². The van der Waals surface area contributed by atoms with Gasteiger partial charge in [0.1, 0.15) is 10.9 Å². The van der Waals surface area contributed by atoms with Gasteiger partial charge in [-0.2, -0.15) is 4.37 Å². The van der Waals surface area contributed by atoms with Crippen LogP contribution >= 0.6 is 11.5 Å². The standard InChI is InChI=1S/C26H26N6O5S/c1-26(2,3)30-24(34)21(15-11-29-16-7-5-4-6-14(15)16)32(13-8-9-17-18(10-13)37-12-36-17)25(35)22-19(27)20(23(28)33)31-38-22/h4-11,21,29H,12,27H2,1-3H3,(H2,28,33)(H,30,34)/t21-/m1/s1. The van der Waals surface area contributed by atoms with E-state index in [1.807, 2.05) is 45.0 Å². The SMILES string of the molecule is CC(C)(C)NC(=O)[C@@H](c1c[nH]c2ccccc12)N(C(=O)c1snc(C(N)=O)c1N)c1ccc2c(c1)OCO2. The first kappa shape index (κ1) is 25.1. The van der Waals surface area contributed by atoms with E-state index in [4.69, 9.17) is 20.9 Å². The number of primary amides is 1. The number of nitrogens with two attached hydrogens (primary N) is 2. The fourth-order valence-corrected chi connectivity index (χ4v) is 5.06. The zero-order chi connectivity index (χ0) is 27.2. The first-order valence-electron chi connectivity index (χ1n) is 11.7. The number of fused-ring (bicyclic) bond motifs is 2. The quantitative estimate of drug-likeness (QED) is 0.294. The van der Waals surface area contributed by atoms with Gasteiger partial charge in [-0.1, -0.05) is 18.2 Å². The Balaban J connectivity index is 1.73. The van der Waals surface area contributed by atoms with Crippen molar-refractivity contribution in [3.8, 4) is 11.5 Å². The van der Waals surface area contributed by atoms with Crippen LogP contribution in [0.1, 0.15) is 52.5 Å². The van der Waals surface area contributed by atoms with Crippen molar-refractivity contribution >= 4 is 51.5 Å². The Labute approximate surface area is 221 Å². The van der Waals surface area contributed by atoms with Gasteiger partial charge in [0.05, 0.1) is 5.69 Å². The van der Waals surface area contributed by atoms with Crippen LogP contribution in [0.4, 0.5) is 11.4 Å². The molecule has 4 aromatic rings. The van der Waals surface area contributed by atoms with Gasteiger partial charge in [0.2, 0.25) is 12.7 Å². The van der Waals surface area contributed by atoms with Gasteiger partial charge in [0.25, 0.3) is 11.8 Å². The molecule has 11 nitrogen and oxygen atoms in total. The lowest BCUT2D eigenvalue weighted by Crippen LogP contribution is -2.49. The van der Waals surface area contributed by atoms with Crippen molar-refractivity contribution in [2.45, 2.75) is 32.4 Å². The van der Waals surface area contributed by atoms with Gasteiger partial charge in [0.15, 0.2) is 17.2 Å². The molecule has 1 aliphatic rings. The van der Waals surface area contributed by atoms with E-state index in [1.54, 1.807) is 24.4 Å². The van der Waals surface area contributed by atoms with Crippen LogP contribution in [0.15, 0.2) is 48.7 Å². The molecule has 0 radical (unpaired) electrons. The Hall–Kier alpha value is -4.58. The van der Waals surface area contributed by atoms with Crippen LogP contribution in [0.25, 0.3) is 10.9 Å². The van der Waals surface area contributed by atoms with E-state index in [9.17, 15) is 14.4 Å². The van der Waals surface area contributed by atoms with Gasteiger partial charge >= 0.3 is 0 Å². The summed E-state index contributed by atoms with van der Waals surface area (Å²) in [6.07, 6.45) is 1.70. The highest BCUT2D eigenvalue weighted by Gasteiger charge is 2.39. The van der Waals surface area contributed by atoms with E-state index in [2.05, 4.69) is 14.7 Å². The fourth-order valence-electron chi connectivity index (χ4n) is 4.31. The topological polar surface area (TPSA) is 166 Å². The Morgan fingerprint density at radius 2 is 1.87 bits per heavy atom. The van der Waals surface area contributed by atoms with E-state index in [-0.39, 0.29) is 23.1 Å². The molecule has 0 bridgehead atoms. The molecule has 3 amide bonds. The van der Waals surface area contributed by atoms with E-state index in [0.717, 1.165) is 22.4 Å². The molecule has 0 fully saturated rings. The zero-order valence-corrected chi connectivity index (χ0v) is 21.7. The molecule has 1 atom stereocenters. The van der Waals surface area contributed by atoms with Crippen LogP contribution in [-0.4, -0.2) is 39.4 Å². The molecule has 0 saturated heterocycles. The molecule has 3 heterocycles. The fraction of sp³-hybridized carbons (Fsp3) is 0.231. The van der Waals surface area contributed by atoms with E-state index < -0.39 is 29.3 Å². The van der Waals surface area contributed by atoms with Gasteiger partial charge in [-0.15, -0.1) is 0 Å². The number of nitrogens with zero attached hydrogens (tertiary/aromatic N) is 2. The molecule has 196 valence electrons. The number of carbonyl (C=O) groups excluding carboxylic acids is 3. The van der Waals surface area contributed by atoms with Crippen LogP contribution in [-0.2, 0) is 4.79 Å². The molecule has 6 N–H and O–H groups in total. The number of nitrogen functional groups attached to an aromatic ring is 1. The summed E-state index contributed by atoms with van der Waals surface area (Å²) >= 11 is 0.742. The molecule has 0 spiro atoms. The number of aromatic amines is 1. The van der Waals surface area contributed by atoms with Crippen molar-refractivity contribution in [1.29, 1.82) is 0 Å². The molecule has 12 heteroatoms. The molecule has 0 saturated carbocycles. The number of nitrogens with one attached hydrogen (secondary N) is 2. The molecule has 38 heavy (non-hydrogen) atoms. The van der Waals surface area contributed by atoms with E-state index >= 15 is 0 Å². The number of H-pyrrole nitrogens is 1. The highest BCUT2D eigenvalue weighted by atomic mass is 32.1. The lowest BCUT2D eigenvalue weighted by molar-refractivity contribution is -0.123. The van der Waals surface area contributed by atoms with Gasteiger partial charge in [-0.05, 0) is 50.5 Å². The molecule has 1 aliphatic heterocycles. The molecule has 2 aromatic carbocycles. The normalized spacial score (nSPS) is 13.3. The maximum Gasteiger partial charge on any atom is 0.273 e. The van der Waals surface area contributed by atoms with Crippen LogP contribution in [0.3, 0.4) is 0 Å². The van der Waals surface area contributed by atoms with E-state index in [0.29, 0.717) is 22.7 Å². The predicted molar refractivity (Wildman–Crippen MR) is 143 cm³/mol. The second kappa shape index (κ2) is 9.38. The minimum atomic E-state index is -1.14. The summed E-state index contributed by atoms with van der Waals surface area (Å²) < 4.78 is 15.0. The van der Waals surface area contributed by atoms with Gasteiger partial charge in [-0.3, -0.25) is 19.3 Å². The minimum absolute atomic E-state index is 0.0233. The summed E-state index contributed by atoms with van der Waals surface area (Å²) in [7, 11) is 0. The first-order chi connectivity index (χ1) is 18.0. The second-order valence-electron chi connectivity index (χ2n) is 9.78. The molecular weight excluding hydrogens is 508 g/mol. The number of aromatic nitrogens is 2. The van der Waals surface area contributed by atoms with Gasteiger partial charge < -0.3 is 31.2 Å². The number of ether oxygens (including phenoxy) is 2. The minimum Gasteiger partial charge on any atom is -0.454 e. The van der Waals surface area contributed by atoms with Crippen molar-refractivity contribution in [3.05, 3.63) is 64.8 Å².